The van der Waals surface area contributed by atoms with Gasteiger partial charge in [-0.1, -0.05) is 256 Å². The Morgan fingerprint density at radius 2 is 0.857 bits per heavy atom. The van der Waals surface area contributed by atoms with E-state index >= 15 is 0 Å². The molecule has 0 spiro atoms. The minimum Gasteiger partial charge on any atom is -0.454 e. The number of aliphatic hydroxyl groups is 5. The van der Waals surface area contributed by atoms with E-state index in [1.807, 2.05) is 6.08 Å². The second-order valence-electron chi connectivity index (χ2n) is 22.1. The van der Waals surface area contributed by atoms with Crippen molar-refractivity contribution in [3.63, 3.8) is 0 Å². The Balaban J connectivity index is 2.68. The molecule has 8 atom stereocenters. The van der Waals surface area contributed by atoms with E-state index in [1.165, 1.54) is 44.9 Å². The molecule has 84 heavy (non-hydrogen) atoms. The molecule has 1 aliphatic rings. The Morgan fingerprint density at radius 1 is 0.476 bits per heavy atom. The minimum atomic E-state index is -1.64. The summed E-state index contributed by atoms with van der Waals surface area (Å²) in [6, 6.07) is -1.05. The maximum atomic E-state index is 13.5. The number of amides is 1. The summed E-state index contributed by atoms with van der Waals surface area (Å²) in [6.07, 6.45) is 74.4. The van der Waals surface area contributed by atoms with E-state index in [0.29, 0.717) is 12.8 Å². The summed E-state index contributed by atoms with van der Waals surface area (Å²) in [7, 11) is 0. The number of carbonyl (C=O) groups is 2. The summed E-state index contributed by atoms with van der Waals surface area (Å²) < 4.78 is 17.6. The fourth-order valence-corrected chi connectivity index (χ4v) is 9.33. The van der Waals surface area contributed by atoms with Crippen LogP contribution in [0.1, 0.15) is 239 Å². The van der Waals surface area contributed by atoms with Crippen LogP contribution >= 0.6 is 0 Å². The van der Waals surface area contributed by atoms with Crippen LogP contribution in [0.2, 0.25) is 0 Å². The summed E-state index contributed by atoms with van der Waals surface area (Å²) in [5.41, 5.74) is 0. The number of hydrogen-bond donors (Lipinski definition) is 6. The number of esters is 1. The van der Waals surface area contributed by atoms with Gasteiger partial charge in [-0.2, -0.15) is 0 Å². The third kappa shape index (κ3) is 45.8. The lowest BCUT2D eigenvalue weighted by molar-refractivity contribution is -0.305. The van der Waals surface area contributed by atoms with E-state index in [0.717, 1.165) is 148 Å². The van der Waals surface area contributed by atoms with Gasteiger partial charge in [-0.05, 0) is 122 Å². The van der Waals surface area contributed by atoms with Crippen molar-refractivity contribution in [1.82, 2.24) is 5.32 Å². The van der Waals surface area contributed by atoms with Gasteiger partial charge in [0.25, 0.3) is 0 Å². The Morgan fingerprint density at radius 3 is 1.29 bits per heavy atom. The smallest absolute Gasteiger partial charge is 0.306 e. The Labute approximate surface area is 511 Å². The Bertz CT molecular complexity index is 1920. The highest BCUT2D eigenvalue weighted by Gasteiger charge is 2.47. The molecular weight excluding hydrogens is 1050 g/mol. The molecule has 11 nitrogen and oxygen atoms in total. The van der Waals surface area contributed by atoms with Crippen molar-refractivity contribution in [3.8, 4) is 0 Å². The molecule has 6 N–H and O–H groups in total. The van der Waals surface area contributed by atoms with Gasteiger partial charge in [0.1, 0.15) is 24.4 Å². The van der Waals surface area contributed by atoms with Gasteiger partial charge in [-0.3, -0.25) is 9.59 Å². The molecule has 476 valence electrons. The van der Waals surface area contributed by atoms with Gasteiger partial charge in [0.2, 0.25) is 5.91 Å². The zero-order valence-corrected chi connectivity index (χ0v) is 52.7. The van der Waals surface area contributed by atoms with Crippen LogP contribution in [-0.2, 0) is 23.8 Å². The van der Waals surface area contributed by atoms with E-state index in [1.54, 1.807) is 6.08 Å². The van der Waals surface area contributed by atoms with Crippen molar-refractivity contribution in [2.45, 2.75) is 288 Å². The summed E-state index contributed by atoms with van der Waals surface area (Å²) in [5.74, 6) is -1.25. The lowest BCUT2D eigenvalue weighted by Crippen LogP contribution is -2.61. The number of nitrogens with one attached hydrogen (secondary N) is 1. The molecule has 0 radical (unpaired) electrons. The highest BCUT2D eigenvalue weighted by atomic mass is 16.7. The first-order chi connectivity index (χ1) is 41.2. The zero-order valence-electron chi connectivity index (χ0n) is 52.7. The Hall–Kier alpha value is -4.46. The quantitative estimate of drug-likeness (QED) is 0.0195. The third-order valence-corrected chi connectivity index (χ3v) is 14.5. The first-order valence-electron chi connectivity index (χ1n) is 33.1. The monoisotopic (exact) mass is 1170 g/mol. The lowest BCUT2D eigenvalue weighted by atomic mass is 9.99. The number of aliphatic hydroxyl groups excluding tert-OH is 5. The second-order valence-corrected chi connectivity index (χ2v) is 22.1. The molecule has 0 saturated carbocycles. The van der Waals surface area contributed by atoms with Crippen LogP contribution in [-0.4, -0.2) is 99.6 Å². The maximum Gasteiger partial charge on any atom is 0.306 e. The highest BCUT2D eigenvalue weighted by molar-refractivity contribution is 5.80. The molecule has 0 aliphatic carbocycles. The SMILES string of the molecule is CC/C=C\C/C=C\C/C=C\C/C=C\C/C=C\C/C=C\CCCCCCC(=O)OC1C(OCC(NC(=O)C(O)CCCCCC/C=C\C/C=C\C/C=C\C/C=C\C/C=C\CC)C(O)/C=C/CCCCCCCCCCCC)OC(CO)C(O)C1O. The number of unbranched alkanes of at least 4 members (excludes halogenated alkanes) is 18. The van der Waals surface area contributed by atoms with Crippen LogP contribution in [0.3, 0.4) is 0 Å². The van der Waals surface area contributed by atoms with Crippen molar-refractivity contribution in [1.29, 1.82) is 0 Å². The summed E-state index contributed by atoms with van der Waals surface area (Å²) in [5, 5.41) is 57.1. The molecule has 1 rings (SSSR count). The lowest BCUT2D eigenvalue weighted by Gasteiger charge is -2.41. The molecule has 1 fully saturated rings. The molecule has 1 aliphatic heterocycles. The topological polar surface area (TPSA) is 175 Å². The van der Waals surface area contributed by atoms with Crippen LogP contribution in [0.15, 0.2) is 146 Å². The predicted octanol–water partition coefficient (Wildman–Crippen LogP) is 16.6. The van der Waals surface area contributed by atoms with Crippen molar-refractivity contribution in [3.05, 3.63) is 146 Å². The number of rotatable bonds is 54. The third-order valence-electron chi connectivity index (χ3n) is 14.5. The van der Waals surface area contributed by atoms with Gasteiger partial charge in [0, 0.05) is 6.42 Å². The fraction of sp³-hybridized carbons (Fsp3) is 0.644. The van der Waals surface area contributed by atoms with Gasteiger partial charge in [0.05, 0.1) is 25.4 Å². The number of carbonyl (C=O) groups excluding carboxylic acids is 2. The average Bonchev–Trinajstić information content (AvgIpc) is 3.65. The molecule has 0 aromatic rings. The minimum absolute atomic E-state index is 0.0821. The summed E-state index contributed by atoms with van der Waals surface area (Å²) in [6.45, 7) is 5.53. The Kier molecular flexibility index (Phi) is 54.4. The zero-order chi connectivity index (χ0) is 61.0. The van der Waals surface area contributed by atoms with E-state index in [4.69, 9.17) is 14.2 Å². The van der Waals surface area contributed by atoms with Crippen molar-refractivity contribution < 1.29 is 49.3 Å². The molecule has 8 unspecified atom stereocenters. The first kappa shape index (κ1) is 77.6. The second kappa shape index (κ2) is 58.9. The van der Waals surface area contributed by atoms with Crippen LogP contribution in [0.5, 0.6) is 0 Å². The largest absolute Gasteiger partial charge is 0.454 e. The fourth-order valence-electron chi connectivity index (χ4n) is 9.33. The van der Waals surface area contributed by atoms with Gasteiger partial charge in [-0.15, -0.1) is 0 Å². The van der Waals surface area contributed by atoms with Gasteiger partial charge >= 0.3 is 5.97 Å². The molecule has 1 heterocycles. The van der Waals surface area contributed by atoms with E-state index in [9.17, 15) is 35.1 Å². The number of allylic oxidation sites excluding steroid dienone is 23. The van der Waals surface area contributed by atoms with Crippen LogP contribution < -0.4 is 5.32 Å². The number of ether oxygens (including phenoxy) is 3. The van der Waals surface area contributed by atoms with Crippen LogP contribution in [0.25, 0.3) is 0 Å². The van der Waals surface area contributed by atoms with E-state index < -0.39 is 67.4 Å². The van der Waals surface area contributed by atoms with E-state index in [2.05, 4.69) is 160 Å². The molecule has 1 saturated heterocycles. The highest BCUT2D eigenvalue weighted by Crippen LogP contribution is 2.26. The van der Waals surface area contributed by atoms with Crippen molar-refractivity contribution >= 4 is 11.9 Å². The molecule has 1 amide bonds. The maximum absolute atomic E-state index is 13.5. The van der Waals surface area contributed by atoms with Crippen LogP contribution in [0.4, 0.5) is 0 Å². The van der Waals surface area contributed by atoms with Crippen molar-refractivity contribution in [2.24, 2.45) is 0 Å². The standard InChI is InChI=1S/C73H119NO10/c1-4-7-10-13-16-19-22-25-27-29-31-33-34-35-37-39-41-43-46-49-52-55-58-61-68(78)84-71-70(80)69(79)67(62-75)83-73(71)82-63-64(65(76)59-56-53-50-47-44-24-21-18-15-12-9-6-3)74-72(81)66(77)60-57-54-51-48-45-42-40-38-36-32-30-28-26-23-20-17-14-11-8-5-2/h7-8,10-11,16-17,19-20,25-28,31-33,35-37,40-43,56,59,64-67,69-71,73,75-77,79-80H,4-6,9,12-15,18,21-24,29-30,34,38-39,44-55,57-58,60-63H2,1-3H3,(H,74,81)/b10-7-,11-8-,19-16-,20-17-,27-25-,28-26-,33-31-,36-32-,37-35-,42-40-,43-41-,59-56+. The average molecular weight is 1170 g/mol. The molecule has 0 aromatic heterocycles. The molecule has 0 bridgehead atoms. The molecular formula is C73H119NO10. The predicted molar refractivity (Wildman–Crippen MR) is 351 cm³/mol. The van der Waals surface area contributed by atoms with Gasteiger partial charge < -0.3 is 45.1 Å². The van der Waals surface area contributed by atoms with E-state index in [-0.39, 0.29) is 19.4 Å². The van der Waals surface area contributed by atoms with Gasteiger partial charge in [-0.25, -0.2) is 0 Å². The van der Waals surface area contributed by atoms with Crippen LogP contribution in [0, 0.1) is 0 Å². The normalized spacial score (nSPS) is 19.5. The summed E-state index contributed by atoms with van der Waals surface area (Å²) in [4.78, 5) is 26.6. The first-order valence-corrected chi connectivity index (χ1v) is 33.1. The number of hydrogen-bond acceptors (Lipinski definition) is 10. The summed E-state index contributed by atoms with van der Waals surface area (Å²) >= 11 is 0. The molecule has 11 heteroatoms. The van der Waals surface area contributed by atoms with Gasteiger partial charge in [0.15, 0.2) is 12.4 Å². The molecule has 0 aromatic carbocycles. The van der Waals surface area contributed by atoms with Crippen molar-refractivity contribution in [2.75, 3.05) is 13.2 Å².